The Bertz CT molecular complexity index is 166. The van der Waals surface area contributed by atoms with Crippen LogP contribution in [-0.2, 0) is 0 Å². The molecule has 84 valence electrons. The molecule has 0 aromatic heterocycles. The van der Waals surface area contributed by atoms with Crippen LogP contribution >= 0.6 is 0 Å². The van der Waals surface area contributed by atoms with Crippen molar-refractivity contribution in [3.63, 3.8) is 0 Å². The molecule has 0 aromatic rings. The number of likely N-dealkylation sites (N-methyl/N-ethyl adjacent to an activating group) is 1. The molecule has 0 spiro atoms. The molecule has 14 heavy (non-hydrogen) atoms. The Morgan fingerprint density at radius 3 is 2.71 bits per heavy atom. The van der Waals surface area contributed by atoms with Gasteiger partial charge in [0.25, 0.3) is 0 Å². The highest BCUT2D eigenvalue weighted by molar-refractivity contribution is 4.85. The van der Waals surface area contributed by atoms with Gasteiger partial charge in [-0.1, -0.05) is 13.3 Å². The van der Waals surface area contributed by atoms with Crippen molar-refractivity contribution in [3.05, 3.63) is 0 Å². The number of hydrogen-bond acceptors (Lipinski definition) is 2. The summed E-state index contributed by atoms with van der Waals surface area (Å²) in [5.74, 6) is 0.869. The standard InChI is InChI=1S/C12H26N2/c1-11-7-5-6-8-14(9-11)12(2,3)10-13-4/h11,13H,5-10H2,1-4H3. The number of rotatable bonds is 3. The van der Waals surface area contributed by atoms with Gasteiger partial charge in [-0.2, -0.15) is 0 Å². The Morgan fingerprint density at radius 2 is 2.07 bits per heavy atom. The lowest BCUT2D eigenvalue weighted by atomic mass is 10.0. The quantitative estimate of drug-likeness (QED) is 0.747. The fourth-order valence-corrected chi connectivity index (χ4v) is 2.45. The molecule has 1 aliphatic heterocycles. The molecule has 1 fully saturated rings. The summed E-state index contributed by atoms with van der Waals surface area (Å²) in [6, 6.07) is 0. The van der Waals surface area contributed by atoms with Crippen LogP contribution in [0.5, 0.6) is 0 Å². The minimum atomic E-state index is 0.313. The predicted octanol–water partition coefficient (Wildman–Crippen LogP) is 2.11. The van der Waals surface area contributed by atoms with E-state index in [2.05, 4.69) is 31.0 Å². The first kappa shape index (κ1) is 12.0. The summed E-state index contributed by atoms with van der Waals surface area (Å²) >= 11 is 0. The van der Waals surface area contributed by atoms with Gasteiger partial charge in [-0.05, 0) is 46.2 Å². The largest absolute Gasteiger partial charge is 0.318 e. The van der Waals surface area contributed by atoms with Gasteiger partial charge in [0.2, 0.25) is 0 Å². The lowest BCUT2D eigenvalue weighted by Crippen LogP contribution is -2.51. The van der Waals surface area contributed by atoms with E-state index in [4.69, 9.17) is 0 Å². The van der Waals surface area contributed by atoms with Crippen LogP contribution in [0.3, 0.4) is 0 Å². The summed E-state index contributed by atoms with van der Waals surface area (Å²) < 4.78 is 0. The number of nitrogens with zero attached hydrogens (tertiary/aromatic N) is 1. The maximum Gasteiger partial charge on any atom is 0.0277 e. The molecular weight excluding hydrogens is 172 g/mol. The molecular formula is C12H26N2. The van der Waals surface area contributed by atoms with Gasteiger partial charge in [0, 0.05) is 18.6 Å². The van der Waals surface area contributed by atoms with Crippen molar-refractivity contribution in [1.82, 2.24) is 10.2 Å². The Kier molecular flexibility index (Phi) is 4.39. The van der Waals surface area contributed by atoms with E-state index >= 15 is 0 Å². The summed E-state index contributed by atoms with van der Waals surface area (Å²) in [4.78, 5) is 2.65. The normalized spacial score (nSPS) is 26.1. The van der Waals surface area contributed by atoms with Gasteiger partial charge in [0.05, 0.1) is 0 Å². The van der Waals surface area contributed by atoms with Crippen molar-refractivity contribution in [2.45, 2.75) is 45.6 Å². The lowest BCUT2D eigenvalue weighted by Gasteiger charge is -2.39. The van der Waals surface area contributed by atoms with Crippen LogP contribution in [0.25, 0.3) is 0 Å². The monoisotopic (exact) mass is 198 g/mol. The van der Waals surface area contributed by atoms with E-state index in [1.807, 2.05) is 7.05 Å². The van der Waals surface area contributed by atoms with Crippen molar-refractivity contribution < 1.29 is 0 Å². The molecule has 1 N–H and O–H groups in total. The highest BCUT2D eigenvalue weighted by Gasteiger charge is 2.28. The molecule has 2 nitrogen and oxygen atoms in total. The van der Waals surface area contributed by atoms with Crippen LogP contribution < -0.4 is 5.32 Å². The van der Waals surface area contributed by atoms with Crippen molar-refractivity contribution in [2.24, 2.45) is 5.92 Å². The van der Waals surface area contributed by atoms with Crippen molar-refractivity contribution >= 4 is 0 Å². The molecule has 1 unspecified atom stereocenters. The van der Waals surface area contributed by atoms with Crippen LogP contribution in [0.2, 0.25) is 0 Å². The maximum absolute atomic E-state index is 3.30. The zero-order chi connectivity index (χ0) is 10.6. The van der Waals surface area contributed by atoms with E-state index in [1.54, 1.807) is 0 Å². The molecule has 1 heterocycles. The third kappa shape index (κ3) is 3.25. The maximum atomic E-state index is 3.30. The Labute approximate surface area is 89.1 Å². The molecule has 1 atom stereocenters. The number of likely N-dealkylation sites (tertiary alicyclic amines) is 1. The first-order chi connectivity index (χ1) is 6.56. The zero-order valence-corrected chi connectivity index (χ0v) is 10.3. The van der Waals surface area contributed by atoms with Crippen LogP contribution in [0, 0.1) is 5.92 Å². The average Bonchev–Trinajstić information content (AvgIpc) is 2.30. The van der Waals surface area contributed by atoms with Crippen LogP contribution in [0.15, 0.2) is 0 Å². The molecule has 1 rings (SSSR count). The number of hydrogen-bond donors (Lipinski definition) is 1. The molecule has 0 aliphatic carbocycles. The molecule has 0 bridgehead atoms. The molecule has 2 heteroatoms. The fraction of sp³-hybridized carbons (Fsp3) is 1.00. The molecule has 0 saturated carbocycles. The minimum Gasteiger partial charge on any atom is -0.318 e. The number of nitrogens with one attached hydrogen (secondary N) is 1. The Balaban J connectivity index is 2.55. The molecule has 0 radical (unpaired) electrons. The van der Waals surface area contributed by atoms with Gasteiger partial charge >= 0.3 is 0 Å². The highest BCUT2D eigenvalue weighted by atomic mass is 15.2. The summed E-state index contributed by atoms with van der Waals surface area (Å²) in [7, 11) is 2.04. The third-order valence-corrected chi connectivity index (χ3v) is 3.37. The summed E-state index contributed by atoms with van der Waals surface area (Å²) in [6.07, 6.45) is 4.19. The van der Waals surface area contributed by atoms with Gasteiger partial charge in [-0.15, -0.1) is 0 Å². The van der Waals surface area contributed by atoms with E-state index in [0.29, 0.717) is 5.54 Å². The van der Waals surface area contributed by atoms with Crippen molar-refractivity contribution in [1.29, 1.82) is 0 Å². The molecule has 1 saturated heterocycles. The SMILES string of the molecule is CNCC(C)(C)N1CCCCC(C)C1. The van der Waals surface area contributed by atoms with Crippen molar-refractivity contribution in [2.75, 3.05) is 26.7 Å². The second-order valence-corrected chi connectivity index (χ2v) is 5.39. The van der Waals surface area contributed by atoms with Crippen LogP contribution in [0.1, 0.15) is 40.0 Å². The van der Waals surface area contributed by atoms with E-state index in [0.717, 1.165) is 12.5 Å². The van der Waals surface area contributed by atoms with Crippen LogP contribution in [0.4, 0.5) is 0 Å². The molecule has 0 amide bonds. The first-order valence-electron chi connectivity index (χ1n) is 5.96. The van der Waals surface area contributed by atoms with Crippen LogP contribution in [-0.4, -0.2) is 37.1 Å². The van der Waals surface area contributed by atoms with E-state index in [9.17, 15) is 0 Å². The predicted molar refractivity (Wildman–Crippen MR) is 62.6 cm³/mol. The summed E-state index contributed by atoms with van der Waals surface area (Å²) in [5, 5.41) is 3.30. The summed E-state index contributed by atoms with van der Waals surface area (Å²) in [5.41, 5.74) is 0.313. The van der Waals surface area contributed by atoms with E-state index < -0.39 is 0 Å². The van der Waals surface area contributed by atoms with E-state index in [-0.39, 0.29) is 0 Å². The molecule has 1 aliphatic rings. The van der Waals surface area contributed by atoms with Gasteiger partial charge in [-0.25, -0.2) is 0 Å². The average molecular weight is 198 g/mol. The molecule has 0 aromatic carbocycles. The van der Waals surface area contributed by atoms with E-state index in [1.165, 1.54) is 32.4 Å². The second kappa shape index (κ2) is 5.13. The Morgan fingerprint density at radius 1 is 1.36 bits per heavy atom. The summed E-state index contributed by atoms with van der Waals surface area (Å²) in [6.45, 7) is 10.7. The second-order valence-electron chi connectivity index (χ2n) is 5.39. The van der Waals surface area contributed by atoms with Gasteiger partial charge in [0.15, 0.2) is 0 Å². The van der Waals surface area contributed by atoms with Gasteiger partial charge in [0.1, 0.15) is 0 Å². The first-order valence-corrected chi connectivity index (χ1v) is 5.96. The Hall–Kier alpha value is -0.0800. The topological polar surface area (TPSA) is 15.3 Å². The smallest absolute Gasteiger partial charge is 0.0277 e. The van der Waals surface area contributed by atoms with Crippen molar-refractivity contribution in [3.8, 4) is 0 Å². The zero-order valence-electron chi connectivity index (χ0n) is 10.3. The lowest BCUT2D eigenvalue weighted by molar-refractivity contribution is 0.111. The minimum absolute atomic E-state index is 0.313. The highest BCUT2D eigenvalue weighted by Crippen LogP contribution is 2.22. The fourth-order valence-electron chi connectivity index (χ4n) is 2.45. The van der Waals surface area contributed by atoms with Gasteiger partial charge < -0.3 is 5.32 Å². The van der Waals surface area contributed by atoms with Gasteiger partial charge in [-0.3, -0.25) is 4.90 Å². The third-order valence-electron chi connectivity index (χ3n) is 3.37.